The molecule has 11 nitrogen and oxygen atoms in total. The van der Waals surface area contributed by atoms with Crippen LogP contribution in [0.5, 0.6) is 0 Å². The Labute approximate surface area is 180 Å². The van der Waals surface area contributed by atoms with Crippen LogP contribution in [0, 0.1) is 16.0 Å². The van der Waals surface area contributed by atoms with Gasteiger partial charge in [0.15, 0.2) is 9.84 Å². The molecule has 2 rings (SSSR count). The Morgan fingerprint density at radius 1 is 1.29 bits per heavy atom. The van der Waals surface area contributed by atoms with Crippen molar-refractivity contribution in [2.75, 3.05) is 24.8 Å². The molecule has 31 heavy (non-hydrogen) atoms. The molecular weight excluding hydrogens is 430 g/mol. The Kier molecular flexibility index (Phi) is 6.96. The van der Waals surface area contributed by atoms with E-state index in [4.69, 9.17) is 10.5 Å². The summed E-state index contributed by atoms with van der Waals surface area (Å²) in [5, 5.41) is 11.8. The maximum atomic E-state index is 12.5. The SMILES string of the molecule is COC(=O)c1cc([N+](=O)[O-])c(N2CCC(C(=O)OC(C)(C)C)CC2N)c(S(C)(=O)=O)c1. The fourth-order valence-corrected chi connectivity index (χ4v) is 4.33. The third kappa shape index (κ3) is 5.70. The highest BCUT2D eigenvalue weighted by atomic mass is 32.2. The number of rotatable bonds is 5. The van der Waals surface area contributed by atoms with E-state index in [-0.39, 0.29) is 30.6 Å². The number of nitrogens with zero attached hydrogens (tertiary/aromatic N) is 2. The van der Waals surface area contributed by atoms with Gasteiger partial charge in [-0.2, -0.15) is 0 Å². The van der Waals surface area contributed by atoms with Crippen LogP contribution in [-0.2, 0) is 24.1 Å². The summed E-state index contributed by atoms with van der Waals surface area (Å²) in [6, 6.07) is 2.00. The van der Waals surface area contributed by atoms with Crippen molar-refractivity contribution in [2.24, 2.45) is 11.7 Å². The average molecular weight is 458 g/mol. The lowest BCUT2D eigenvalue weighted by Gasteiger charge is -2.39. The zero-order chi connectivity index (χ0) is 23.7. The van der Waals surface area contributed by atoms with Crippen LogP contribution in [-0.4, -0.2) is 57.0 Å². The third-order valence-electron chi connectivity index (χ3n) is 4.74. The molecule has 1 aromatic carbocycles. The van der Waals surface area contributed by atoms with E-state index in [1.807, 2.05) is 0 Å². The molecule has 0 radical (unpaired) electrons. The highest BCUT2D eigenvalue weighted by molar-refractivity contribution is 7.90. The number of methoxy groups -OCH3 is 1. The normalized spacial score (nSPS) is 19.6. The van der Waals surface area contributed by atoms with Crippen LogP contribution in [0.2, 0.25) is 0 Å². The van der Waals surface area contributed by atoms with Crippen molar-refractivity contribution < 1.29 is 32.4 Å². The van der Waals surface area contributed by atoms with Gasteiger partial charge >= 0.3 is 11.9 Å². The number of carbonyl (C=O) groups is 2. The number of esters is 2. The second-order valence-electron chi connectivity index (χ2n) is 8.38. The molecule has 1 saturated heterocycles. The van der Waals surface area contributed by atoms with Gasteiger partial charge in [-0.25, -0.2) is 13.2 Å². The molecule has 0 aliphatic carbocycles. The van der Waals surface area contributed by atoms with Crippen molar-refractivity contribution in [1.82, 2.24) is 0 Å². The van der Waals surface area contributed by atoms with Gasteiger partial charge in [-0.1, -0.05) is 0 Å². The van der Waals surface area contributed by atoms with Crippen LogP contribution in [0.1, 0.15) is 44.0 Å². The van der Waals surface area contributed by atoms with Gasteiger partial charge < -0.3 is 20.1 Å². The van der Waals surface area contributed by atoms with E-state index in [9.17, 15) is 28.1 Å². The number of sulfone groups is 1. The number of carbonyl (C=O) groups excluding carboxylic acids is 2. The monoisotopic (exact) mass is 457 g/mol. The topological polar surface area (TPSA) is 159 Å². The van der Waals surface area contributed by atoms with E-state index >= 15 is 0 Å². The molecule has 0 amide bonds. The van der Waals surface area contributed by atoms with Crippen molar-refractivity contribution in [1.29, 1.82) is 0 Å². The zero-order valence-electron chi connectivity index (χ0n) is 18.1. The number of piperidine rings is 1. The third-order valence-corrected chi connectivity index (χ3v) is 5.85. The summed E-state index contributed by atoms with van der Waals surface area (Å²) >= 11 is 0. The predicted octanol–water partition coefficient (Wildman–Crippen LogP) is 1.63. The fourth-order valence-electron chi connectivity index (χ4n) is 3.41. The molecule has 0 aromatic heterocycles. The van der Waals surface area contributed by atoms with Crippen LogP contribution in [0.4, 0.5) is 11.4 Å². The number of benzene rings is 1. The second-order valence-corrected chi connectivity index (χ2v) is 10.4. The number of nitrogens with two attached hydrogens (primary N) is 1. The van der Waals surface area contributed by atoms with Crippen molar-refractivity contribution in [3.63, 3.8) is 0 Å². The van der Waals surface area contributed by atoms with Crippen molar-refractivity contribution >= 4 is 33.2 Å². The van der Waals surface area contributed by atoms with E-state index in [1.54, 1.807) is 20.8 Å². The van der Waals surface area contributed by atoms with Gasteiger partial charge in [-0.3, -0.25) is 14.9 Å². The van der Waals surface area contributed by atoms with Gasteiger partial charge in [0.05, 0.1) is 34.6 Å². The quantitative estimate of drug-likeness (QED) is 0.391. The first-order chi connectivity index (χ1) is 14.2. The summed E-state index contributed by atoms with van der Waals surface area (Å²) < 4.78 is 34.9. The molecule has 2 atom stereocenters. The maximum absolute atomic E-state index is 12.5. The summed E-state index contributed by atoms with van der Waals surface area (Å²) in [5.74, 6) is -1.87. The Morgan fingerprint density at radius 3 is 2.35 bits per heavy atom. The average Bonchev–Trinajstić information content (AvgIpc) is 2.64. The summed E-state index contributed by atoms with van der Waals surface area (Å²) in [4.78, 5) is 36.3. The summed E-state index contributed by atoms with van der Waals surface area (Å²) in [6.45, 7) is 5.31. The number of hydrogen-bond acceptors (Lipinski definition) is 10. The first-order valence-corrected chi connectivity index (χ1v) is 11.4. The van der Waals surface area contributed by atoms with E-state index in [2.05, 4.69) is 4.74 Å². The molecule has 2 N–H and O–H groups in total. The number of nitro groups is 1. The smallest absolute Gasteiger partial charge is 0.338 e. The summed E-state index contributed by atoms with van der Waals surface area (Å²) in [7, 11) is -2.90. The zero-order valence-corrected chi connectivity index (χ0v) is 18.9. The predicted molar refractivity (Wildman–Crippen MR) is 111 cm³/mol. The Morgan fingerprint density at radius 2 is 1.90 bits per heavy atom. The molecule has 2 unspecified atom stereocenters. The van der Waals surface area contributed by atoms with Gasteiger partial charge in [0.2, 0.25) is 0 Å². The molecule has 1 heterocycles. The maximum Gasteiger partial charge on any atom is 0.338 e. The van der Waals surface area contributed by atoms with E-state index in [1.165, 1.54) is 4.90 Å². The second kappa shape index (κ2) is 8.79. The minimum absolute atomic E-state index is 0.0893. The highest BCUT2D eigenvalue weighted by Gasteiger charge is 2.38. The number of ether oxygens (including phenoxy) is 2. The van der Waals surface area contributed by atoms with Crippen LogP contribution >= 0.6 is 0 Å². The summed E-state index contributed by atoms with van der Waals surface area (Å²) in [6.07, 6.45) is 0.389. The van der Waals surface area contributed by atoms with Crippen LogP contribution in [0.3, 0.4) is 0 Å². The largest absolute Gasteiger partial charge is 0.465 e. The lowest BCUT2D eigenvalue weighted by Crippen LogP contribution is -2.50. The minimum Gasteiger partial charge on any atom is -0.465 e. The molecule has 1 aliphatic heterocycles. The standard InChI is InChI=1S/C19H27N3O8S/c1-19(2,3)30-18(24)11-6-7-21(15(20)10-11)16-13(22(25)26)8-12(17(23)29-4)9-14(16)31(5,27)28/h8-9,11,15H,6-7,10,20H2,1-5H3. The van der Waals surface area contributed by atoms with Gasteiger partial charge in [-0.05, 0) is 39.7 Å². The lowest BCUT2D eigenvalue weighted by molar-refractivity contribution is -0.384. The van der Waals surface area contributed by atoms with Crippen molar-refractivity contribution in [3.05, 3.63) is 27.8 Å². The van der Waals surface area contributed by atoms with Crippen LogP contribution in [0.15, 0.2) is 17.0 Å². The molecule has 0 saturated carbocycles. The first-order valence-electron chi connectivity index (χ1n) is 9.51. The highest BCUT2D eigenvalue weighted by Crippen LogP contribution is 2.40. The van der Waals surface area contributed by atoms with Crippen LogP contribution in [0.25, 0.3) is 0 Å². The molecule has 1 aliphatic rings. The fraction of sp³-hybridized carbons (Fsp3) is 0.579. The van der Waals surface area contributed by atoms with Gasteiger partial charge in [0.25, 0.3) is 5.69 Å². The molecule has 12 heteroatoms. The molecular formula is C19H27N3O8S. The van der Waals surface area contributed by atoms with Crippen molar-refractivity contribution in [3.8, 4) is 0 Å². The number of hydrogen-bond donors (Lipinski definition) is 1. The van der Waals surface area contributed by atoms with Gasteiger partial charge in [-0.15, -0.1) is 0 Å². The Bertz CT molecular complexity index is 1000. The van der Waals surface area contributed by atoms with E-state index in [0.717, 1.165) is 25.5 Å². The molecule has 0 spiro atoms. The molecule has 0 bridgehead atoms. The van der Waals surface area contributed by atoms with E-state index in [0.29, 0.717) is 0 Å². The van der Waals surface area contributed by atoms with Gasteiger partial charge in [0.1, 0.15) is 11.3 Å². The first kappa shape index (κ1) is 24.5. The van der Waals surface area contributed by atoms with Crippen LogP contribution < -0.4 is 10.6 Å². The number of nitro benzene ring substituents is 1. The lowest BCUT2D eigenvalue weighted by atomic mass is 9.93. The van der Waals surface area contributed by atoms with E-state index < -0.39 is 55.0 Å². The van der Waals surface area contributed by atoms with Crippen molar-refractivity contribution in [2.45, 2.75) is 50.3 Å². The Balaban J connectivity index is 2.52. The molecule has 172 valence electrons. The minimum atomic E-state index is -3.98. The summed E-state index contributed by atoms with van der Waals surface area (Å²) in [5.41, 5.74) is 4.47. The molecule has 1 fully saturated rings. The molecule has 1 aromatic rings. The van der Waals surface area contributed by atoms with Gasteiger partial charge in [0, 0.05) is 18.9 Å². The Hall–Kier alpha value is -2.73. The number of anilines is 1.